The van der Waals surface area contributed by atoms with Crippen LogP contribution in [-0.4, -0.2) is 20.1 Å². The first-order chi connectivity index (χ1) is 13.8. The zero-order chi connectivity index (χ0) is 19.6. The van der Waals surface area contributed by atoms with Gasteiger partial charge >= 0.3 is 0 Å². The van der Waals surface area contributed by atoms with Crippen molar-refractivity contribution in [3.05, 3.63) is 54.8 Å². The van der Waals surface area contributed by atoms with E-state index in [-0.39, 0.29) is 5.75 Å². The summed E-state index contributed by atoms with van der Waals surface area (Å²) < 4.78 is 5.61. The average molecular weight is 380 g/mol. The summed E-state index contributed by atoms with van der Waals surface area (Å²) in [5.41, 5.74) is 2.10. The highest BCUT2D eigenvalue weighted by Crippen LogP contribution is 2.27. The van der Waals surface area contributed by atoms with Gasteiger partial charge in [0.1, 0.15) is 28.2 Å². The number of allylic oxidation sites excluding steroid dienone is 1. The van der Waals surface area contributed by atoms with Crippen molar-refractivity contribution in [2.45, 2.75) is 58.3 Å². The Balaban J connectivity index is 1.46. The molecular formula is C23H29N3O2. The van der Waals surface area contributed by atoms with Crippen molar-refractivity contribution in [1.82, 2.24) is 15.0 Å². The largest absolute Gasteiger partial charge is 0.505 e. The van der Waals surface area contributed by atoms with Crippen LogP contribution in [0.5, 0.6) is 11.5 Å². The van der Waals surface area contributed by atoms with Gasteiger partial charge in [0.15, 0.2) is 0 Å². The van der Waals surface area contributed by atoms with Gasteiger partial charge in [0.2, 0.25) is 0 Å². The molecule has 0 radical (unpaired) electrons. The molecule has 28 heavy (non-hydrogen) atoms. The minimum absolute atomic E-state index is 0.0817. The van der Waals surface area contributed by atoms with Gasteiger partial charge < -0.3 is 9.84 Å². The molecule has 3 aromatic rings. The van der Waals surface area contributed by atoms with Gasteiger partial charge in [-0.2, -0.15) is 0 Å². The fourth-order valence-corrected chi connectivity index (χ4v) is 3.13. The number of phenolic OH excluding ortho intramolecular Hbond substituents is 1. The summed E-state index contributed by atoms with van der Waals surface area (Å²) in [7, 11) is 0. The number of phenols is 1. The molecule has 0 saturated carbocycles. The number of benzene rings is 2. The number of aromatic nitrogens is 3. The summed E-state index contributed by atoms with van der Waals surface area (Å²) in [6.07, 6.45) is 13.9. The van der Waals surface area contributed by atoms with Gasteiger partial charge in [-0.3, -0.25) is 0 Å². The lowest BCUT2D eigenvalue weighted by Crippen LogP contribution is -1.99. The van der Waals surface area contributed by atoms with Gasteiger partial charge in [0.25, 0.3) is 0 Å². The SMILES string of the molecule is CCCCCCCCCC=COc1ccc(-n2nc3ccccc3n2)c(O)c1. The van der Waals surface area contributed by atoms with Crippen LogP contribution in [0.4, 0.5) is 0 Å². The van der Waals surface area contributed by atoms with E-state index in [1.165, 1.54) is 49.7 Å². The Bertz CT molecular complexity index is 869. The highest BCUT2D eigenvalue weighted by molar-refractivity contribution is 5.73. The summed E-state index contributed by atoms with van der Waals surface area (Å²) in [6, 6.07) is 12.8. The van der Waals surface area contributed by atoms with Crippen LogP contribution in [0.25, 0.3) is 16.7 Å². The van der Waals surface area contributed by atoms with E-state index >= 15 is 0 Å². The number of aromatic hydroxyl groups is 1. The maximum Gasteiger partial charge on any atom is 0.146 e. The molecule has 0 fully saturated rings. The Hall–Kier alpha value is -2.82. The second kappa shape index (κ2) is 10.5. The van der Waals surface area contributed by atoms with E-state index in [2.05, 4.69) is 17.1 Å². The first kappa shape index (κ1) is 19.9. The Morgan fingerprint density at radius 1 is 0.929 bits per heavy atom. The van der Waals surface area contributed by atoms with Crippen molar-refractivity contribution in [2.75, 3.05) is 0 Å². The van der Waals surface area contributed by atoms with Crippen LogP contribution in [0.15, 0.2) is 54.8 Å². The number of hydrogen-bond acceptors (Lipinski definition) is 4. The first-order valence-electron chi connectivity index (χ1n) is 10.2. The molecule has 0 aliphatic rings. The molecule has 0 aliphatic carbocycles. The van der Waals surface area contributed by atoms with Gasteiger partial charge in [0.05, 0.1) is 6.26 Å². The zero-order valence-electron chi connectivity index (χ0n) is 16.6. The molecule has 0 amide bonds. The summed E-state index contributed by atoms with van der Waals surface area (Å²) in [5, 5.41) is 19.1. The maximum atomic E-state index is 10.3. The molecule has 5 heteroatoms. The highest BCUT2D eigenvalue weighted by Gasteiger charge is 2.09. The molecule has 148 valence electrons. The Kier molecular flexibility index (Phi) is 7.47. The third-order valence-electron chi connectivity index (χ3n) is 4.72. The Labute approximate surface area is 166 Å². The van der Waals surface area contributed by atoms with E-state index in [1.54, 1.807) is 24.5 Å². The molecule has 1 heterocycles. The number of fused-ring (bicyclic) bond motifs is 1. The predicted octanol–water partition coefficient (Wildman–Crippen LogP) is 6.16. The second-order valence-electron chi connectivity index (χ2n) is 7.03. The lowest BCUT2D eigenvalue weighted by Gasteiger charge is -2.05. The summed E-state index contributed by atoms with van der Waals surface area (Å²) >= 11 is 0. The molecule has 3 rings (SSSR count). The normalized spacial score (nSPS) is 11.5. The van der Waals surface area contributed by atoms with Crippen LogP contribution >= 0.6 is 0 Å². The molecule has 5 nitrogen and oxygen atoms in total. The molecule has 0 unspecified atom stereocenters. The van der Waals surface area contributed by atoms with E-state index in [1.807, 2.05) is 30.3 Å². The number of nitrogens with zero attached hydrogens (tertiary/aromatic N) is 3. The number of hydrogen-bond donors (Lipinski definition) is 1. The average Bonchev–Trinajstić information content (AvgIpc) is 3.13. The van der Waals surface area contributed by atoms with Crippen LogP contribution in [0.1, 0.15) is 58.3 Å². The van der Waals surface area contributed by atoms with Crippen molar-refractivity contribution in [1.29, 1.82) is 0 Å². The summed E-state index contributed by atoms with van der Waals surface area (Å²) in [6.45, 7) is 2.24. The molecule has 1 N–H and O–H groups in total. The predicted molar refractivity (Wildman–Crippen MR) is 113 cm³/mol. The maximum absolute atomic E-state index is 10.3. The van der Waals surface area contributed by atoms with Crippen LogP contribution in [-0.2, 0) is 0 Å². The standard InChI is InChI=1S/C23H29N3O2/c1-2-3-4-5-6-7-8-9-12-17-28-19-15-16-22(23(27)18-19)26-24-20-13-10-11-14-21(20)25-26/h10-18,27H,2-9H2,1H3. The number of unbranched alkanes of at least 4 members (excludes halogenated alkanes) is 7. The Morgan fingerprint density at radius 3 is 2.29 bits per heavy atom. The number of ether oxygens (including phenoxy) is 1. The summed E-state index contributed by atoms with van der Waals surface area (Å²) in [4.78, 5) is 1.44. The molecule has 0 aliphatic heterocycles. The van der Waals surface area contributed by atoms with Crippen LogP contribution in [0, 0.1) is 0 Å². The van der Waals surface area contributed by atoms with Crippen molar-refractivity contribution >= 4 is 11.0 Å². The van der Waals surface area contributed by atoms with Crippen LogP contribution in [0.3, 0.4) is 0 Å². The molecule has 2 aromatic carbocycles. The van der Waals surface area contributed by atoms with Gasteiger partial charge in [-0.1, -0.05) is 57.6 Å². The molecule has 0 bridgehead atoms. The number of rotatable bonds is 11. The van der Waals surface area contributed by atoms with E-state index < -0.39 is 0 Å². The van der Waals surface area contributed by atoms with E-state index in [9.17, 15) is 5.11 Å². The lowest BCUT2D eigenvalue weighted by atomic mass is 10.1. The minimum atomic E-state index is 0.0817. The van der Waals surface area contributed by atoms with Gasteiger partial charge in [0, 0.05) is 6.07 Å². The smallest absolute Gasteiger partial charge is 0.146 e. The monoisotopic (exact) mass is 379 g/mol. The van der Waals surface area contributed by atoms with Crippen molar-refractivity contribution < 1.29 is 9.84 Å². The topological polar surface area (TPSA) is 60.2 Å². The fourth-order valence-electron chi connectivity index (χ4n) is 3.13. The Morgan fingerprint density at radius 2 is 1.61 bits per heavy atom. The van der Waals surface area contributed by atoms with Crippen molar-refractivity contribution in [3.8, 4) is 17.2 Å². The van der Waals surface area contributed by atoms with Crippen LogP contribution < -0.4 is 4.74 Å². The molecule has 0 saturated heterocycles. The van der Waals surface area contributed by atoms with E-state index in [0.29, 0.717) is 11.4 Å². The van der Waals surface area contributed by atoms with E-state index in [4.69, 9.17) is 4.74 Å². The molecular weight excluding hydrogens is 350 g/mol. The quantitative estimate of drug-likeness (QED) is 0.320. The third-order valence-corrected chi connectivity index (χ3v) is 4.72. The van der Waals surface area contributed by atoms with E-state index in [0.717, 1.165) is 17.5 Å². The lowest BCUT2D eigenvalue weighted by molar-refractivity contribution is 0.448. The fraction of sp³-hybridized carbons (Fsp3) is 0.391. The van der Waals surface area contributed by atoms with Gasteiger partial charge in [-0.05, 0) is 43.2 Å². The molecule has 0 atom stereocenters. The van der Waals surface area contributed by atoms with Gasteiger partial charge in [-0.25, -0.2) is 0 Å². The molecule has 0 spiro atoms. The van der Waals surface area contributed by atoms with Gasteiger partial charge in [-0.15, -0.1) is 15.0 Å². The minimum Gasteiger partial charge on any atom is -0.505 e. The zero-order valence-corrected chi connectivity index (χ0v) is 16.6. The third kappa shape index (κ3) is 5.59. The van der Waals surface area contributed by atoms with Crippen LogP contribution in [0.2, 0.25) is 0 Å². The summed E-state index contributed by atoms with van der Waals surface area (Å²) in [5.74, 6) is 0.673. The highest BCUT2D eigenvalue weighted by atomic mass is 16.5. The second-order valence-corrected chi connectivity index (χ2v) is 7.03. The molecule has 1 aromatic heterocycles. The van der Waals surface area contributed by atoms with Crippen molar-refractivity contribution in [2.24, 2.45) is 0 Å². The first-order valence-corrected chi connectivity index (χ1v) is 10.2. The van der Waals surface area contributed by atoms with Crippen molar-refractivity contribution in [3.63, 3.8) is 0 Å².